The Morgan fingerprint density at radius 1 is 1.17 bits per heavy atom. The van der Waals surface area contributed by atoms with Gasteiger partial charge in [-0.1, -0.05) is 23.2 Å². The molecule has 0 saturated carbocycles. The number of benzene rings is 1. The fourth-order valence-electron chi connectivity index (χ4n) is 1.84. The van der Waals surface area contributed by atoms with Crippen LogP contribution in [-0.2, 0) is 10.0 Å². The highest BCUT2D eigenvalue weighted by atomic mass is 35.5. The Hall–Kier alpha value is -1.67. The maximum absolute atomic E-state index is 12.1. The molecule has 0 aliphatic carbocycles. The van der Waals surface area contributed by atoms with E-state index in [-0.39, 0.29) is 26.7 Å². The van der Waals surface area contributed by atoms with Crippen molar-refractivity contribution in [1.82, 2.24) is 9.71 Å². The van der Waals surface area contributed by atoms with Crippen LogP contribution in [0.2, 0.25) is 10.2 Å². The molecule has 6 nitrogen and oxygen atoms in total. The summed E-state index contributed by atoms with van der Waals surface area (Å²) in [5, 5.41) is 2.91. The highest BCUT2D eigenvalue weighted by Gasteiger charge is 2.15. The van der Waals surface area contributed by atoms with Crippen LogP contribution in [0.4, 0.5) is 5.69 Å². The summed E-state index contributed by atoms with van der Waals surface area (Å²) in [7, 11) is -3.57. The summed E-state index contributed by atoms with van der Waals surface area (Å²) in [6.45, 7) is 3.47. The first kappa shape index (κ1) is 18.7. The molecule has 1 aromatic heterocycles. The van der Waals surface area contributed by atoms with Crippen LogP contribution in [0.25, 0.3) is 0 Å². The van der Waals surface area contributed by atoms with Crippen molar-refractivity contribution >= 4 is 44.8 Å². The highest BCUT2D eigenvalue weighted by molar-refractivity contribution is 7.89. The number of nitrogens with zero attached hydrogens (tertiary/aromatic N) is 1. The van der Waals surface area contributed by atoms with Crippen LogP contribution in [0.3, 0.4) is 0 Å². The molecule has 1 aromatic carbocycles. The minimum Gasteiger partial charge on any atom is -0.322 e. The van der Waals surface area contributed by atoms with Crippen molar-refractivity contribution in [3.05, 3.63) is 52.3 Å². The summed E-state index contributed by atoms with van der Waals surface area (Å²) in [5.74, 6) is -0.433. The first-order valence-corrected chi connectivity index (χ1v) is 9.18. The highest BCUT2D eigenvalue weighted by Crippen LogP contribution is 2.21. The summed E-state index contributed by atoms with van der Waals surface area (Å²) >= 11 is 11.5. The van der Waals surface area contributed by atoms with Gasteiger partial charge >= 0.3 is 0 Å². The predicted octanol–water partition coefficient (Wildman–Crippen LogP) is 3.33. The molecule has 128 valence electrons. The lowest BCUT2D eigenvalue weighted by Crippen LogP contribution is -2.30. The van der Waals surface area contributed by atoms with Crippen LogP contribution >= 0.6 is 23.2 Å². The van der Waals surface area contributed by atoms with Crippen LogP contribution in [0.15, 0.2) is 41.4 Å². The number of hydrogen-bond acceptors (Lipinski definition) is 4. The minimum atomic E-state index is -3.57. The summed E-state index contributed by atoms with van der Waals surface area (Å²) in [6.07, 6.45) is 1.30. The van der Waals surface area contributed by atoms with E-state index in [9.17, 15) is 13.2 Å². The zero-order valence-electron chi connectivity index (χ0n) is 12.9. The van der Waals surface area contributed by atoms with Crippen LogP contribution in [0.1, 0.15) is 24.2 Å². The van der Waals surface area contributed by atoms with Crippen LogP contribution in [0.5, 0.6) is 0 Å². The van der Waals surface area contributed by atoms with E-state index in [0.717, 1.165) is 0 Å². The average Bonchev–Trinajstić information content (AvgIpc) is 2.49. The molecule has 1 amide bonds. The molecule has 2 aromatic rings. The van der Waals surface area contributed by atoms with E-state index in [1.165, 1.54) is 36.5 Å². The summed E-state index contributed by atoms with van der Waals surface area (Å²) in [4.78, 5) is 16.0. The van der Waals surface area contributed by atoms with Gasteiger partial charge in [0.05, 0.1) is 15.5 Å². The molecule has 9 heteroatoms. The van der Waals surface area contributed by atoms with E-state index in [0.29, 0.717) is 5.69 Å². The second kappa shape index (κ2) is 7.48. The van der Waals surface area contributed by atoms with Gasteiger partial charge in [-0.25, -0.2) is 18.1 Å². The summed E-state index contributed by atoms with van der Waals surface area (Å²) in [6, 6.07) is 7.00. The Kier molecular flexibility index (Phi) is 5.82. The van der Waals surface area contributed by atoms with Gasteiger partial charge in [0, 0.05) is 17.9 Å². The smallest absolute Gasteiger partial charge is 0.257 e. The fourth-order valence-corrected chi connectivity index (χ4v) is 3.37. The third-order valence-electron chi connectivity index (χ3n) is 2.87. The molecule has 0 aliphatic rings. The molecule has 0 fully saturated rings. The Balaban J connectivity index is 2.14. The minimum absolute atomic E-state index is 0.112. The maximum atomic E-state index is 12.1. The van der Waals surface area contributed by atoms with Crippen LogP contribution in [0, 0.1) is 0 Å². The molecule has 2 rings (SSSR count). The number of nitrogens with one attached hydrogen (secondary N) is 2. The van der Waals surface area contributed by atoms with Crippen molar-refractivity contribution in [3.8, 4) is 0 Å². The zero-order valence-corrected chi connectivity index (χ0v) is 15.2. The number of carbonyl (C=O) groups is 1. The number of carbonyl (C=O) groups excluding carboxylic acids is 1. The average molecular weight is 388 g/mol. The van der Waals surface area contributed by atoms with E-state index < -0.39 is 15.9 Å². The predicted molar refractivity (Wildman–Crippen MR) is 94.1 cm³/mol. The zero-order chi connectivity index (χ0) is 17.9. The third kappa shape index (κ3) is 4.67. The van der Waals surface area contributed by atoms with Gasteiger partial charge in [-0.15, -0.1) is 0 Å². The summed E-state index contributed by atoms with van der Waals surface area (Å²) in [5.41, 5.74) is 0.678. The molecule has 1 heterocycles. The van der Waals surface area contributed by atoms with Crippen molar-refractivity contribution < 1.29 is 13.2 Å². The second-order valence-corrected chi connectivity index (χ2v) is 7.73. The molecule has 0 radical (unpaired) electrons. The number of sulfonamides is 1. The molecule has 0 atom stereocenters. The van der Waals surface area contributed by atoms with E-state index in [2.05, 4.69) is 15.0 Å². The molecule has 0 aliphatic heterocycles. The third-order valence-corrected chi connectivity index (χ3v) is 5.23. The second-order valence-electron chi connectivity index (χ2n) is 5.25. The SMILES string of the molecule is CC(C)NS(=O)(=O)c1ccc(NC(=O)c2cnc(Cl)c(Cl)c2)cc1. The number of amides is 1. The van der Waals surface area contributed by atoms with Gasteiger partial charge in [-0.3, -0.25) is 4.79 Å². The molecule has 0 spiro atoms. The van der Waals surface area contributed by atoms with Gasteiger partial charge in [0.25, 0.3) is 5.91 Å². The lowest BCUT2D eigenvalue weighted by molar-refractivity contribution is 0.102. The van der Waals surface area contributed by atoms with Crippen molar-refractivity contribution in [1.29, 1.82) is 0 Å². The van der Waals surface area contributed by atoms with E-state index >= 15 is 0 Å². The largest absolute Gasteiger partial charge is 0.322 e. The van der Waals surface area contributed by atoms with Crippen molar-refractivity contribution in [2.45, 2.75) is 24.8 Å². The van der Waals surface area contributed by atoms with E-state index in [4.69, 9.17) is 23.2 Å². The van der Waals surface area contributed by atoms with Gasteiger partial charge in [-0.2, -0.15) is 0 Å². The topological polar surface area (TPSA) is 88.2 Å². The Morgan fingerprint density at radius 2 is 1.79 bits per heavy atom. The number of pyridine rings is 1. The normalized spacial score (nSPS) is 11.5. The number of halogens is 2. The molecule has 0 bridgehead atoms. The van der Waals surface area contributed by atoms with Gasteiger partial charge in [-0.05, 0) is 44.2 Å². The van der Waals surface area contributed by atoms with Crippen LogP contribution in [-0.4, -0.2) is 25.4 Å². The Morgan fingerprint density at radius 3 is 2.33 bits per heavy atom. The molecule has 2 N–H and O–H groups in total. The number of hydrogen-bond donors (Lipinski definition) is 2. The van der Waals surface area contributed by atoms with Crippen LogP contribution < -0.4 is 10.0 Å². The first-order valence-electron chi connectivity index (χ1n) is 6.94. The van der Waals surface area contributed by atoms with Gasteiger partial charge in [0.1, 0.15) is 5.15 Å². The van der Waals surface area contributed by atoms with Crippen molar-refractivity contribution in [2.75, 3.05) is 5.32 Å². The van der Waals surface area contributed by atoms with Gasteiger partial charge < -0.3 is 5.32 Å². The number of anilines is 1. The quantitative estimate of drug-likeness (QED) is 0.770. The molecular formula is C15H15Cl2N3O3S. The van der Waals surface area contributed by atoms with E-state index in [1.54, 1.807) is 13.8 Å². The fraction of sp³-hybridized carbons (Fsp3) is 0.200. The number of aromatic nitrogens is 1. The van der Waals surface area contributed by atoms with Gasteiger partial charge in [0.15, 0.2) is 0 Å². The lowest BCUT2D eigenvalue weighted by Gasteiger charge is -2.10. The Labute approximate surface area is 150 Å². The maximum Gasteiger partial charge on any atom is 0.257 e. The van der Waals surface area contributed by atoms with Crippen molar-refractivity contribution in [2.24, 2.45) is 0 Å². The molecule has 24 heavy (non-hydrogen) atoms. The van der Waals surface area contributed by atoms with E-state index in [1.807, 2.05) is 0 Å². The molecule has 0 saturated heterocycles. The standard InChI is InChI=1S/C15H15Cl2N3O3S/c1-9(2)20-24(22,23)12-5-3-11(4-6-12)19-15(21)10-7-13(16)14(17)18-8-10/h3-9,20H,1-2H3,(H,19,21). The van der Waals surface area contributed by atoms with Crippen molar-refractivity contribution in [3.63, 3.8) is 0 Å². The Bertz CT molecular complexity index is 853. The first-order chi connectivity index (χ1) is 11.2. The monoisotopic (exact) mass is 387 g/mol. The lowest BCUT2D eigenvalue weighted by atomic mass is 10.2. The number of rotatable bonds is 5. The summed E-state index contributed by atoms with van der Waals surface area (Å²) < 4.78 is 26.5. The molecular weight excluding hydrogens is 373 g/mol. The van der Waals surface area contributed by atoms with Gasteiger partial charge in [0.2, 0.25) is 10.0 Å². The molecule has 0 unspecified atom stereocenters.